The average Bonchev–Trinajstić information content (AvgIpc) is 2.84. The second-order valence-electron chi connectivity index (χ2n) is 7.57. The standard InChI is InChI=1S/C27H24N2O4/c1-3-17-5-7-18(8-6-17)25-22-14-13-21(15-24(22)33-26(29)23(25)16-28)32-27(30)19-9-11-20(12-10-19)31-4-2/h5-15,25H,3-4,29H2,1-2H3. The van der Waals surface area contributed by atoms with Crippen molar-refractivity contribution in [1.82, 2.24) is 0 Å². The maximum atomic E-state index is 12.6. The first-order valence-corrected chi connectivity index (χ1v) is 10.8. The van der Waals surface area contributed by atoms with Gasteiger partial charge in [0.2, 0.25) is 5.88 Å². The molecule has 2 N–H and O–H groups in total. The largest absolute Gasteiger partial charge is 0.494 e. The highest BCUT2D eigenvalue weighted by atomic mass is 16.5. The molecule has 6 heteroatoms. The molecule has 1 aliphatic heterocycles. The van der Waals surface area contributed by atoms with Crippen LogP contribution >= 0.6 is 0 Å². The van der Waals surface area contributed by atoms with Gasteiger partial charge >= 0.3 is 5.97 Å². The first kappa shape index (κ1) is 22.0. The van der Waals surface area contributed by atoms with Gasteiger partial charge in [-0.15, -0.1) is 0 Å². The summed E-state index contributed by atoms with van der Waals surface area (Å²) >= 11 is 0. The van der Waals surface area contributed by atoms with E-state index in [0.717, 1.165) is 17.5 Å². The third-order valence-corrected chi connectivity index (χ3v) is 5.52. The number of nitrogens with two attached hydrogens (primary N) is 1. The number of allylic oxidation sites excluding steroid dienone is 1. The maximum Gasteiger partial charge on any atom is 0.343 e. The van der Waals surface area contributed by atoms with Gasteiger partial charge in [0.1, 0.15) is 28.9 Å². The molecular weight excluding hydrogens is 416 g/mol. The zero-order chi connectivity index (χ0) is 23.4. The summed E-state index contributed by atoms with van der Waals surface area (Å²) in [7, 11) is 0. The predicted octanol–water partition coefficient (Wildman–Crippen LogP) is 5.09. The molecule has 1 aliphatic rings. The normalized spacial score (nSPS) is 14.6. The van der Waals surface area contributed by atoms with Crippen LogP contribution in [0.25, 0.3) is 0 Å². The zero-order valence-corrected chi connectivity index (χ0v) is 18.5. The molecule has 0 saturated carbocycles. The summed E-state index contributed by atoms with van der Waals surface area (Å²) in [6.07, 6.45) is 0.927. The van der Waals surface area contributed by atoms with E-state index in [4.69, 9.17) is 19.9 Å². The molecule has 6 nitrogen and oxygen atoms in total. The summed E-state index contributed by atoms with van der Waals surface area (Å²) < 4.78 is 16.7. The Morgan fingerprint density at radius 2 is 1.73 bits per heavy atom. The van der Waals surface area contributed by atoms with Crippen LogP contribution in [0.4, 0.5) is 0 Å². The number of benzene rings is 3. The molecule has 1 heterocycles. The zero-order valence-electron chi connectivity index (χ0n) is 18.5. The van der Waals surface area contributed by atoms with E-state index >= 15 is 0 Å². The molecule has 3 aromatic rings. The second kappa shape index (κ2) is 9.49. The molecule has 0 spiro atoms. The van der Waals surface area contributed by atoms with E-state index in [1.165, 1.54) is 5.56 Å². The number of hydrogen-bond acceptors (Lipinski definition) is 6. The van der Waals surface area contributed by atoms with Crippen LogP contribution in [-0.4, -0.2) is 12.6 Å². The Morgan fingerprint density at radius 3 is 2.36 bits per heavy atom. The Labute approximate surface area is 192 Å². The van der Waals surface area contributed by atoms with Gasteiger partial charge in [0.25, 0.3) is 0 Å². The summed E-state index contributed by atoms with van der Waals surface area (Å²) in [5, 5.41) is 9.73. The minimum Gasteiger partial charge on any atom is -0.494 e. The molecule has 0 aromatic heterocycles. The summed E-state index contributed by atoms with van der Waals surface area (Å²) in [6.45, 7) is 4.54. The van der Waals surface area contributed by atoms with Gasteiger partial charge < -0.3 is 19.9 Å². The van der Waals surface area contributed by atoms with E-state index in [2.05, 4.69) is 13.0 Å². The van der Waals surface area contributed by atoms with Crippen LogP contribution in [0.1, 0.15) is 46.8 Å². The van der Waals surface area contributed by atoms with Crippen LogP contribution in [-0.2, 0) is 6.42 Å². The third-order valence-electron chi connectivity index (χ3n) is 5.52. The maximum absolute atomic E-state index is 12.6. The molecule has 0 bridgehead atoms. The Bertz CT molecular complexity index is 1240. The van der Waals surface area contributed by atoms with E-state index in [1.54, 1.807) is 42.5 Å². The molecule has 4 rings (SSSR count). The van der Waals surface area contributed by atoms with Crippen molar-refractivity contribution < 1.29 is 19.0 Å². The number of hydrogen-bond donors (Lipinski definition) is 1. The van der Waals surface area contributed by atoms with E-state index in [-0.39, 0.29) is 11.8 Å². The van der Waals surface area contributed by atoms with Crippen LogP contribution < -0.4 is 19.9 Å². The van der Waals surface area contributed by atoms with Gasteiger partial charge in [-0.25, -0.2) is 4.79 Å². The molecule has 0 aliphatic carbocycles. The first-order valence-electron chi connectivity index (χ1n) is 10.8. The van der Waals surface area contributed by atoms with Gasteiger partial charge in [-0.3, -0.25) is 0 Å². The number of ether oxygens (including phenoxy) is 3. The molecule has 1 atom stereocenters. The van der Waals surface area contributed by atoms with Gasteiger partial charge in [0, 0.05) is 11.6 Å². The molecule has 33 heavy (non-hydrogen) atoms. The minimum atomic E-state index is -0.498. The number of nitriles is 1. The Morgan fingerprint density at radius 1 is 1.03 bits per heavy atom. The SMILES string of the molecule is CCOc1ccc(C(=O)Oc2ccc3c(c2)OC(N)=C(C#N)C3c2ccc(CC)cc2)cc1. The van der Waals surface area contributed by atoms with Crippen molar-refractivity contribution in [2.45, 2.75) is 26.2 Å². The highest BCUT2D eigenvalue weighted by molar-refractivity contribution is 5.91. The minimum absolute atomic E-state index is 0.0459. The number of esters is 1. The molecule has 3 aromatic carbocycles. The van der Waals surface area contributed by atoms with Gasteiger partial charge in [-0.05, 0) is 54.8 Å². The molecule has 0 saturated heterocycles. The quantitative estimate of drug-likeness (QED) is 0.424. The lowest BCUT2D eigenvalue weighted by atomic mass is 9.83. The summed E-state index contributed by atoms with van der Waals surface area (Å²) in [5.41, 5.74) is 9.77. The van der Waals surface area contributed by atoms with Crippen LogP contribution in [0.15, 0.2) is 78.2 Å². The van der Waals surface area contributed by atoms with Gasteiger partial charge in [0.15, 0.2) is 0 Å². The highest BCUT2D eigenvalue weighted by Crippen LogP contribution is 2.43. The lowest BCUT2D eigenvalue weighted by Crippen LogP contribution is -2.21. The molecular formula is C27H24N2O4. The fourth-order valence-corrected chi connectivity index (χ4v) is 3.81. The Kier molecular flexibility index (Phi) is 6.32. The molecule has 166 valence electrons. The predicted molar refractivity (Wildman–Crippen MR) is 124 cm³/mol. The number of fused-ring (bicyclic) bond motifs is 1. The monoisotopic (exact) mass is 440 g/mol. The third kappa shape index (κ3) is 4.53. The smallest absolute Gasteiger partial charge is 0.343 e. The fourth-order valence-electron chi connectivity index (χ4n) is 3.81. The number of carbonyl (C=O) groups excluding carboxylic acids is 1. The van der Waals surface area contributed by atoms with E-state index in [9.17, 15) is 10.1 Å². The highest BCUT2D eigenvalue weighted by Gasteiger charge is 2.31. The van der Waals surface area contributed by atoms with Crippen LogP contribution in [0.3, 0.4) is 0 Å². The van der Waals surface area contributed by atoms with Crippen molar-refractivity contribution in [3.05, 3.63) is 100 Å². The molecule has 0 radical (unpaired) electrons. The average molecular weight is 440 g/mol. The number of carbonyl (C=O) groups is 1. The number of rotatable bonds is 6. The van der Waals surface area contributed by atoms with Gasteiger partial charge in [-0.1, -0.05) is 37.3 Å². The lowest BCUT2D eigenvalue weighted by molar-refractivity contribution is 0.0734. The summed E-state index contributed by atoms with van der Waals surface area (Å²) in [6, 6.07) is 22.1. The second-order valence-corrected chi connectivity index (χ2v) is 7.57. The van der Waals surface area contributed by atoms with Crippen molar-refractivity contribution >= 4 is 5.97 Å². The van der Waals surface area contributed by atoms with Gasteiger partial charge in [-0.2, -0.15) is 5.26 Å². The van der Waals surface area contributed by atoms with Crippen molar-refractivity contribution in [2.75, 3.05) is 6.61 Å². The summed E-state index contributed by atoms with van der Waals surface area (Å²) in [4.78, 5) is 12.6. The molecule has 0 amide bonds. The molecule has 1 unspecified atom stereocenters. The van der Waals surface area contributed by atoms with E-state index in [1.807, 2.05) is 31.2 Å². The van der Waals surface area contributed by atoms with E-state index in [0.29, 0.717) is 35.0 Å². The van der Waals surface area contributed by atoms with Crippen LogP contribution in [0, 0.1) is 11.3 Å². The van der Waals surface area contributed by atoms with E-state index < -0.39 is 5.97 Å². The van der Waals surface area contributed by atoms with Crippen molar-refractivity contribution in [1.29, 1.82) is 5.26 Å². The van der Waals surface area contributed by atoms with Crippen molar-refractivity contribution in [2.24, 2.45) is 5.73 Å². The van der Waals surface area contributed by atoms with Crippen LogP contribution in [0.5, 0.6) is 17.2 Å². The fraction of sp³-hybridized carbons (Fsp3) is 0.185. The Hall–Kier alpha value is -4.24. The lowest BCUT2D eigenvalue weighted by Gasteiger charge is -2.26. The molecule has 0 fully saturated rings. The topological polar surface area (TPSA) is 94.6 Å². The van der Waals surface area contributed by atoms with Crippen LogP contribution in [0.2, 0.25) is 0 Å². The summed E-state index contributed by atoms with van der Waals surface area (Å²) in [5.74, 6) is 0.644. The Balaban J connectivity index is 1.62. The number of nitrogens with zero attached hydrogens (tertiary/aromatic N) is 1. The van der Waals surface area contributed by atoms with Crippen molar-refractivity contribution in [3.8, 4) is 23.3 Å². The van der Waals surface area contributed by atoms with Gasteiger partial charge in [0.05, 0.1) is 18.1 Å². The first-order chi connectivity index (χ1) is 16.0. The van der Waals surface area contributed by atoms with Crippen molar-refractivity contribution in [3.63, 3.8) is 0 Å². The number of aryl methyl sites for hydroxylation is 1.